The molecule has 2 fully saturated rings. The molecular weight excluding hydrogens is 356 g/mol. The van der Waals surface area contributed by atoms with Gasteiger partial charge in [-0.05, 0) is 19.9 Å². The standard InChI is InChI=1S/C20H28N6O2/c1-2-26-12-16(9-22-26)11-24-4-3-20(14-24)15-28-13-17-10-21-19(23-18(17)20)25-5-7-27-8-6-25/h9-10,12H,2-8,11,13-15H2,1H3. The van der Waals surface area contributed by atoms with Gasteiger partial charge in [0.15, 0.2) is 0 Å². The van der Waals surface area contributed by atoms with Crippen molar-refractivity contribution < 1.29 is 9.47 Å². The number of hydrogen-bond acceptors (Lipinski definition) is 7. The van der Waals surface area contributed by atoms with E-state index in [2.05, 4.69) is 33.0 Å². The first-order valence-electron chi connectivity index (χ1n) is 10.3. The normalized spacial score (nSPS) is 25.4. The van der Waals surface area contributed by atoms with Crippen LogP contribution in [0.1, 0.15) is 30.2 Å². The molecule has 1 unspecified atom stereocenters. The lowest BCUT2D eigenvalue weighted by Crippen LogP contribution is -2.42. The zero-order valence-electron chi connectivity index (χ0n) is 16.5. The van der Waals surface area contributed by atoms with Crippen LogP contribution in [0.2, 0.25) is 0 Å². The summed E-state index contributed by atoms with van der Waals surface area (Å²) in [6, 6.07) is 0. The smallest absolute Gasteiger partial charge is 0.225 e. The molecule has 0 radical (unpaired) electrons. The molecular formula is C20H28N6O2. The molecule has 8 nitrogen and oxygen atoms in total. The Kier molecular flexibility index (Phi) is 4.78. The number of morpholine rings is 1. The van der Waals surface area contributed by atoms with Crippen LogP contribution in [0.3, 0.4) is 0 Å². The average molecular weight is 384 g/mol. The first-order chi connectivity index (χ1) is 13.8. The van der Waals surface area contributed by atoms with E-state index >= 15 is 0 Å². The second-order valence-electron chi connectivity index (χ2n) is 8.08. The van der Waals surface area contributed by atoms with Crippen LogP contribution >= 0.6 is 0 Å². The van der Waals surface area contributed by atoms with Crippen LogP contribution in [-0.2, 0) is 34.6 Å². The fourth-order valence-corrected chi connectivity index (χ4v) is 4.63. The Bertz CT molecular complexity index is 834. The van der Waals surface area contributed by atoms with Gasteiger partial charge in [-0.1, -0.05) is 0 Å². The largest absolute Gasteiger partial charge is 0.378 e. The number of nitrogens with zero attached hydrogens (tertiary/aromatic N) is 6. The van der Waals surface area contributed by atoms with Crippen LogP contribution < -0.4 is 4.90 Å². The van der Waals surface area contributed by atoms with E-state index in [0.29, 0.717) is 6.61 Å². The molecule has 1 atom stereocenters. The van der Waals surface area contributed by atoms with Crippen molar-refractivity contribution in [2.24, 2.45) is 0 Å². The molecule has 0 amide bonds. The lowest BCUT2D eigenvalue weighted by Gasteiger charge is -2.35. The van der Waals surface area contributed by atoms with Gasteiger partial charge < -0.3 is 14.4 Å². The summed E-state index contributed by atoms with van der Waals surface area (Å²) in [6.45, 7) is 10.5. The van der Waals surface area contributed by atoms with E-state index in [9.17, 15) is 0 Å². The molecule has 5 heterocycles. The van der Waals surface area contributed by atoms with Crippen molar-refractivity contribution in [1.29, 1.82) is 0 Å². The number of rotatable bonds is 4. The summed E-state index contributed by atoms with van der Waals surface area (Å²) in [5, 5.41) is 4.41. The minimum absolute atomic E-state index is 0.0295. The van der Waals surface area contributed by atoms with E-state index in [4.69, 9.17) is 14.5 Å². The molecule has 2 saturated heterocycles. The van der Waals surface area contributed by atoms with Gasteiger partial charge in [0.1, 0.15) is 0 Å². The molecule has 28 heavy (non-hydrogen) atoms. The second-order valence-corrected chi connectivity index (χ2v) is 8.08. The third kappa shape index (κ3) is 3.29. The van der Waals surface area contributed by atoms with Crippen LogP contribution in [-0.4, -0.2) is 70.6 Å². The van der Waals surface area contributed by atoms with Gasteiger partial charge in [-0.3, -0.25) is 9.58 Å². The van der Waals surface area contributed by atoms with Gasteiger partial charge in [-0.15, -0.1) is 0 Å². The van der Waals surface area contributed by atoms with Crippen molar-refractivity contribution in [3.8, 4) is 0 Å². The molecule has 5 rings (SSSR count). The quantitative estimate of drug-likeness (QED) is 0.785. The zero-order chi connectivity index (χ0) is 19.0. The van der Waals surface area contributed by atoms with Gasteiger partial charge >= 0.3 is 0 Å². The Labute approximate surface area is 165 Å². The number of aromatic nitrogens is 4. The number of hydrogen-bond donors (Lipinski definition) is 0. The summed E-state index contributed by atoms with van der Waals surface area (Å²) in [5.74, 6) is 0.839. The van der Waals surface area contributed by atoms with Gasteiger partial charge in [0.05, 0.1) is 43.7 Å². The van der Waals surface area contributed by atoms with Gasteiger partial charge in [-0.25, -0.2) is 9.97 Å². The van der Waals surface area contributed by atoms with Gasteiger partial charge in [0, 0.05) is 56.2 Å². The molecule has 0 saturated carbocycles. The summed E-state index contributed by atoms with van der Waals surface area (Å²) in [4.78, 5) is 14.4. The van der Waals surface area contributed by atoms with Gasteiger partial charge in [0.2, 0.25) is 5.95 Å². The number of aryl methyl sites for hydroxylation is 1. The summed E-state index contributed by atoms with van der Waals surface area (Å²) in [6.07, 6.45) is 7.18. The van der Waals surface area contributed by atoms with E-state index in [1.54, 1.807) is 0 Å². The summed E-state index contributed by atoms with van der Waals surface area (Å²) in [5.41, 5.74) is 3.58. The Morgan fingerprint density at radius 3 is 2.86 bits per heavy atom. The maximum Gasteiger partial charge on any atom is 0.225 e. The zero-order valence-corrected chi connectivity index (χ0v) is 16.5. The Morgan fingerprint density at radius 1 is 1.14 bits per heavy atom. The SMILES string of the molecule is CCn1cc(CN2CCC3(COCc4cnc(N5CCOCC5)nc43)C2)cn1. The molecule has 3 aliphatic heterocycles. The summed E-state index contributed by atoms with van der Waals surface area (Å²) < 4.78 is 13.4. The molecule has 2 aromatic rings. The van der Waals surface area contributed by atoms with Crippen molar-refractivity contribution in [1.82, 2.24) is 24.6 Å². The van der Waals surface area contributed by atoms with Crippen LogP contribution in [0.4, 0.5) is 5.95 Å². The summed E-state index contributed by atoms with van der Waals surface area (Å²) >= 11 is 0. The van der Waals surface area contributed by atoms with Crippen molar-refractivity contribution in [2.75, 3.05) is 50.9 Å². The molecule has 1 spiro atoms. The highest BCUT2D eigenvalue weighted by atomic mass is 16.5. The predicted molar refractivity (Wildman–Crippen MR) is 104 cm³/mol. The second kappa shape index (κ2) is 7.42. The van der Waals surface area contributed by atoms with Crippen molar-refractivity contribution in [3.63, 3.8) is 0 Å². The molecule has 0 aromatic carbocycles. The van der Waals surface area contributed by atoms with E-state index in [-0.39, 0.29) is 5.41 Å². The third-order valence-electron chi connectivity index (χ3n) is 6.13. The van der Waals surface area contributed by atoms with Crippen LogP contribution in [0.25, 0.3) is 0 Å². The minimum Gasteiger partial charge on any atom is -0.378 e. The Morgan fingerprint density at radius 2 is 2.04 bits per heavy atom. The maximum absolute atomic E-state index is 5.98. The van der Waals surface area contributed by atoms with Gasteiger partial charge in [-0.2, -0.15) is 5.10 Å². The molecule has 0 bridgehead atoms. The molecule has 0 aliphatic carbocycles. The van der Waals surface area contributed by atoms with Crippen LogP contribution in [0.5, 0.6) is 0 Å². The fourth-order valence-electron chi connectivity index (χ4n) is 4.63. The fraction of sp³-hybridized carbons (Fsp3) is 0.650. The van der Waals surface area contributed by atoms with Crippen LogP contribution in [0, 0.1) is 0 Å². The minimum atomic E-state index is -0.0295. The molecule has 8 heteroatoms. The van der Waals surface area contributed by atoms with Crippen LogP contribution in [0.15, 0.2) is 18.6 Å². The Hall–Kier alpha value is -2.03. The molecule has 2 aromatic heterocycles. The highest BCUT2D eigenvalue weighted by Crippen LogP contribution is 2.40. The Balaban J connectivity index is 1.37. The van der Waals surface area contributed by atoms with E-state index in [1.165, 1.54) is 11.3 Å². The first-order valence-corrected chi connectivity index (χ1v) is 10.3. The number of ether oxygens (including phenoxy) is 2. The topological polar surface area (TPSA) is 68.5 Å². The van der Waals surface area contributed by atoms with E-state index in [0.717, 1.165) is 77.0 Å². The lowest BCUT2D eigenvalue weighted by molar-refractivity contribution is 0.0502. The van der Waals surface area contributed by atoms with Crippen molar-refractivity contribution in [3.05, 3.63) is 35.4 Å². The number of anilines is 1. The number of fused-ring (bicyclic) bond motifs is 2. The van der Waals surface area contributed by atoms with E-state index < -0.39 is 0 Å². The maximum atomic E-state index is 5.98. The monoisotopic (exact) mass is 384 g/mol. The molecule has 0 N–H and O–H groups in total. The van der Waals surface area contributed by atoms with Gasteiger partial charge in [0.25, 0.3) is 0 Å². The number of likely N-dealkylation sites (tertiary alicyclic amines) is 1. The first kappa shape index (κ1) is 18.0. The average Bonchev–Trinajstić information content (AvgIpc) is 3.36. The van der Waals surface area contributed by atoms with E-state index in [1.807, 2.05) is 17.1 Å². The third-order valence-corrected chi connectivity index (χ3v) is 6.13. The summed E-state index contributed by atoms with van der Waals surface area (Å²) in [7, 11) is 0. The van der Waals surface area contributed by atoms with Crippen molar-refractivity contribution >= 4 is 5.95 Å². The molecule has 150 valence electrons. The molecule has 3 aliphatic rings. The highest BCUT2D eigenvalue weighted by Gasteiger charge is 2.45. The predicted octanol–water partition coefficient (Wildman–Crippen LogP) is 1.20. The lowest BCUT2D eigenvalue weighted by atomic mass is 9.80. The van der Waals surface area contributed by atoms with Crippen molar-refractivity contribution in [2.45, 2.75) is 38.5 Å². The highest BCUT2D eigenvalue weighted by molar-refractivity contribution is 5.38.